The van der Waals surface area contributed by atoms with Gasteiger partial charge < -0.3 is 25.2 Å². The van der Waals surface area contributed by atoms with Crippen LogP contribution in [0.25, 0.3) is 0 Å². The molecule has 24 heavy (non-hydrogen) atoms. The molecule has 0 aliphatic carbocycles. The number of benzene rings is 1. The van der Waals surface area contributed by atoms with Crippen LogP contribution in [0.5, 0.6) is 5.75 Å². The third-order valence-electron chi connectivity index (χ3n) is 2.98. The van der Waals surface area contributed by atoms with Gasteiger partial charge in [0.15, 0.2) is 5.96 Å². The first kappa shape index (κ1) is 22.9. The number of aliphatic hydroxyl groups excluding tert-OH is 1. The van der Waals surface area contributed by atoms with E-state index in [-0.39, 0.29) is 36.6 Å². The third-order valence-corrected chi connectivity index (χ3v) is 2.98. The molecule has 6 nitrogen and oxygen atoms in total. The zero-order chi connectivity index (χ0) is 17.1. The van der Waals surface area contributed by atoms with Gasteiger partial charge in [-0.3, -0.25) is 4.99 Å². The molecule has 1 rings (SSSR count). The monoisotopic (exact) mass is 451 g/mol. The highest BCUT2D eigenvalue weighted by molar-refractivity contribution is 14.0. The van der Waals surface area contributed by atoms with E-state index in [2.05, 4.69) is 15.6 Å². The van der Waals surface area contributed by atoms with Gasteiger partial charge in [0, 0.05) is 20.2 Å². The summed E-state index contributed by atoms with van der Waals surface area (Å²) in [6.45, 7) is 8.23. The molecular weight excluding hydrogens is 421 g/mol. The van der Waals surface area contributed by atoms with E-state index in [1.54, 1.807) is 7.11 Å². The molecule has 0 aromatic heterocycles. The number of rotatable bonds is 9. The van der Waals surface area contributed by atoms with Crippen molar-refractivity contribution in [3.05, 3.63) is 29.8 Å². The van der Waals surface area contributed by atoms with Gasteiger partial charge in [-0.15, -0.1) is 24.0 Å². The van der Waals surface area contributed by atoms with Crippen molar-refractivity contribution in [2.75, 3.05) is 33.4 Å². The first-order valence-electron chi connectivity index (χ1n) is 8.02. The van der Waals surface area contributed by atoms with E-state index in [0.717, 1.165) is 17.9 Å². The lowest BCUT2D eigenvalue weighted by Gasteiger charge is -2.15. The van der Waals surface area contributed by atoms with Crippen molar-refractivity contribution in [1.29, 1.82) is 0 Å². The van der Waals surface area contributed by atoms with Gasteiger partial charge in [0.25, 0.3) is 0 Å². The van der Waals surface area contributed by atoms with E-state index < -0.39 is 6.10 Å². The number of methoxy groups -OCH3 is 1. The molecule has 0 aliphatic heterocycles. The molecule has 1 aromatic carbocycles. The van der Waals surface area contributed by atoms with Crippen molar-refractivity contribution in [3.8, 4) is 5.75 Å². The molecule has 3 N–H and O–H groups in total. The number of hydrogen-bond acceptors (Lipinski definition) is 4. The van der Waals surface area contributed by atoms with Gasteiger partial charge in [-0.1, -0.05) is 12.1 Å². The Balaban J connectivity index is 0.00000529. The number of ether oxygens (including phenoxy) is 2. The molecule has 138 valence electrons. The van der Waals surface area contributed by atoms with Crippen molar-refractivity contribution < 1.29 is 14.6 Å². The standard InChI is InChI=1S/C17H29N3O3.HI/c1-5-18-17(19-9-10-22-4)20-12-16(21)14-7-6-8-15(11-14)23-13(2)3;/h6-8,11,13,16,21H,5,9-10,12H2,1-4H3,(H2,18,19,20);1H. The number of guanidine groups is 1. The highest BCUT2D eigenvalue weighted by atomic mass is 127. The molecule has 0 aliphatic rings. The highest BCUT2D eigenvalue weighted by Gasteiger charge is 2.09. The summed E-state index contributed by atoms with van der Waals surface area (Å²) >= 11 is 0. The summed E-state index contributed by atoms with van der Waals surface area (Å²) < 4.78 is 10.7. The van der Waals surface area contributed by atoms with Gasteiger partial charge in [0.2, 0.25) is 0 Å². The smallest absolute Gasteiger partial charge is 0.191 e. The van der Waals surface area contributed by atoms with Crippen LogP contribution < -0.4 is 15.4 Å². The Labute approximate surface area is 162 Å². The fraction of sp³-hybridized carbons (Fsp3) is 0.588. The van der Waals surface area contributed by atoms with Crippen molar-refractivity contribution in [2.45, 2.75) is 33.0 Å². The zero-order valence-electron chi connectivity index (χ0n) is 14.9. The van der Waals surface area contributed by atoms with Gasteiger partial charge in [-0.2, -0.15) is 0 Å². The van der Waals surface area contributed by atoms with E-state index >= 15 is 0 Å². The zero-order valence-corrected chi connectivity index (χ0v) is 17.2. The lowest BCUT2D eigenvalue weighted by atomic mass is 10.1. The summed E-state index contributed by atoms with van der Waals surface area (Å²) in [6, 6.07) is 7.49. The van der Waals surface area contributed by atoms with Crippen LogP contribution >= 0.6 is 24.0 Å². The number of hydrogen-bond donors (Lipinski definition) is 3. The average Bonchev–Trinajstić information content (AvgIpc) is 2.52. The van der Waals surface area contributed by atoms with E-state index in [4.69, 9.17) is 9.47 Å². The second kappa shape index (κ2) is 13.3. The molecule has 0 spiro atoms. The fourth-order valence-electron chi connectivity index (χ4n) is 1.96. The fourth-order valence-corrected chi connectivity index (χ4v) is 1.96. The maximum atomic E-state index is 10.3. The van der Waals surface area contributed by atoms with Crippen molar-refractivity contribution in [3.63, 3.8) is 0 Å². The topological polar surface area (TPSA) is 75.1 Å². The molecular formula is C17H30IN3O3. The molecule has 0 heterocycles. The normalized spacial score (nSPS) is 12.5. The molecule has 0 saturated heterocycles. The summed E-state index contributed by atoms with van der Waals surface area (Å²) in [5, 5.41) is 16.6. The third kappa shape index (κ3) is 9.29. The number of nitrogens with one attached hydrogen (secondary N) is 2. The molecule has 1 atom stereocenters. The van der Waals surface area contributed by atoms with E-state index in [9.17, 15) is 5.11 Å². The second-order valence-corrected chi connectivity index (χ2v) is 5.39. The van der Waals surface area contributed by atoms with Crippen LogP contribution in [-0.4, -0.2) is 50.5 Å². The molecule has 1 unspecified atom stereocenters. The molecule has 0 bridgehead atoms. The second-order valence-electron chi connectivity index (χ2n) is 5.39. The molecule has 1 aromatic rings. The van der Waals surface area contributed by atoms with Gasteiger partial charge >= 0.3 is 0 Å². The predicted octanol–water partition coefficient (Wildman–Crippen LogP) is 2.33. The maximum absolute atomic E-state index is 10.3. The van der Waals surface area contributed by atoms with Crippen LogP contribution in [0.1, 0.15) is 32.4 Å². The Morgan fingerprint density at radius 1 is 1.29 bits per heavy atom. The largest absolute Gasteiger partial charge is 0.491 e. The van der Waals surface area contributed by atoms with Crippen molar-refractivity contribution >= 4 is 29.9 Å². The van der Waals surface area contributed by atoms with Crippen LogP contribution in [0.15, 0.2) is 29.3 Å². The summed E-state index contributed by atoms with van der Waals surface area (Å²) in [5.41, 5.74) is 0.791. The SMILES string of the molecule is CCNC(=NCC(O)c1cccc(OC(C)C)c1)NCCOC.I. The van der Waals surface area contributed by atoms with Crippen molar-refractivity contribution in [2.24, 2.45) is 4.99 Å². The first-order valence-corrected chi connectivity index (χ1v) is 8.02. The molecule has 0 radical (unpaired) electrons. The van der Waals surface area contributed by atoms with Gasteiger partial charge in [-0.25, -0.2) is 0 Å². The van der Waals surface area contributed by atoms with Crippen molar-refractivity contribution in [1.82, 2.24) is 10.6 Å². The van der Waals surface area contributed by atoms with Gasteiger partial charge in [0.05, 0.1) is 25.4 Å². The van der Waals surface area contributed by atoms with Crippen LogP contribution in [0, 0.1) is 0 Å². The van der Waals surface area contributed by atoms with Crippen LogP contribution in [0.4, 0.5) is 0 Å². The Hall–Kier alpha value is -1.06. The minimum atomic E-state index is -0.677. The number of aliphatic imine (C=N–C) groups is 1. The lowest BCUT2D eigenvalue weighted by Crippen LogP contribution is -2.39. The van der Waals surface area contributed by atoms with E-state index in [1.807, 2.05) is 45.0 Å². The summed E-state index contributed by atoms with van der Waals surface area (Å²) in [5.74, 6) is 1.42. The van der Waals surface area contributed by atoms with Crippen LogP contribution in [0.2, 0.25) is 0 Å². The number of aliphatic hydroxyl groups is 1. The van der Waals surface area contributed by atoms with Gasteiger partial charge in [-0.05, 0) is 38.5 Å². The Morgan fingerprint density at radius 2 is 2.04 bits per heavy atom. The average molecular weight is 451 g/mol. The summed E-state index contributed by atoms with van der Waals surface area (Å²) in [6.07, 6.45) is -0.575. The quantitative estimate of drug-likeness (QED) is 0.233. The predicted molar refractivity (Wildman–Crippen MR) is 108 cm³/mol. The Kier molecular flexibility index (Phi) is 12.7. The Morgan fingerprint density at radius 3 is 2.67 bits per heavy atom. The first-order chi connectivity index (χ1) is 11.1. The van der Waals surface area contributed by atoms with Crippen LogP contribution in [-0.2, 0) is 4.74 Å². The van der Waals surface area contributed by atoms with E-state index in [0.29, 0.717) is 19.1 Å². The summed E-state index contributed by atoms with van der Waals surface area (Å²) in [7, 11) is 1.65. The minimum absolute atomic E-state index is 0. The summed E-state index contributed by atoms with van der Waals surface area (Å²) in [4.78, 5) is 4.40. The Bertz CT molecular complexity index is 484. The van der Waals surface area contributed by atoms with Crippen LogP contribution in [0.3, 0.4) is 0 Å². The molecule has 0 amide bonds. The molecule has 0 fully saturated rings. The number of halogens is 1. The lowest BCUT2D eigenvalue weighted by molar-refractivity contribution is 0.185. The van der Waals surface area contributed by atoms with E-state index in [1.165, 1.54) is 0 Å². The maximum Gasteiger partial charge on any atom is 0.191 e. The number of nitrogens with zero attached hydrogens (tertiary/aromatic N) is 1. The molecule has 0 saturated carbocycles. The minimum Gasteiger partial charge on any atom is -0.491 e. The highest BCUT2D eigenvalue weighted by Crippen LogP contribution is 2.20. The molecule has 7 heteroatoms. The van der Waals surface area contributed by atoms with Gasteiger partial charge in [0.1, 0.15) is 5.75 Å².